The van der Waals surface area contributed by atoms with E-state index < -0.39 is 9.84 Å². The predicted molar refractivity (Wildman–Crippen MR) is 116 cm³/mol. The van der Waals surface area contributed by atoms with Crippen LogP contribution in [0.25, 0.3) is 0 Å². The van der Waals surface area contributed by atoms with E-state index in [-0.39, 0.29) is 6.10 Å². The van der Waals surface area contributed by atoms with Gasteiger partial charge in [0, 0.05) is 26.4 Å². The number of benzene rings is 2. The van der Waals surface area contributed by atoms with Crippen molar-refractivity contribution in [3.05, 3.63) is 64.7 Å². The van der Waals surface area contributed by atoms with Crippen LogP contribution in [0.5, 0.6) is 0 Å². The first-order valence-corrected chi connectivity index (χ1v) is 11.6. The number of morpholine rings is 1. The largest absolute Gasteiger partial charge is 0.370 e. The lowest BCUT2D eigenvalue weighted by Gasteiger charge is -2.36. The minimum Gasteiger partial charge on any atom is -0.370 e. The quantitative estimate of drug-likeness (QED) is 0.614. The maximum absolute atomic E-state index is 11.6. The third kappa shape index (κ3) is 5.36. The van der Waals surface area contributed by atoms with Crippen LogP contribution in [0.2, 0.25) is 0 Å². The first kappa shape index (κ1) is 21.3. The third-order valence-electron chi connectivity index (χ3n) is 5.15. The Morgan fingerprint density at radius 2 is 1.93 bits per heavy atom. The van der Waals surface area contributed by atoms with E-state index in [1.165, 1.54) is 22.9 Å². The molecule has 6 nitrogen and oxygen atoms in total. The van der Waals surface area contributed by atoms with Gasteiger partial charge in [-0.3, -0.25) is 4.99 Å². The van der Waals surface area contributed by atoms with Gasteiger partial charge in [0.15, 0.2) is 15.8 Å². The lowest BCUT2D eigenvalue weighted by molar-refractivity contribution is -0.00834. The van der Waals surface area contributed by atoms with Crippen LogP contribution >= 0.6 is 0 Å². The number of rotatable bonds is 4. The van der Waals surface area contributed by atoms with Gasteiger partial charge < -0.3 is 15.0 Å². The van der Waals surface area contributed by atoms with E-state index >= 15 is 0 Å². The minimum atomic E-state index is -3.18. The summed E-state index contributed by atoms with van der Waals surface area (Å²) in [6.07, 6.45) is 1.23. The molecule has 0 amide bonds. The van der Waals surface area contributed by atoms with Gasteiger partial charge in [-0.25, -0.2) is 8.42 Å². The molecule has 2 aromatic carbocycles. The summed E-state index contributed by atoms with van der Waals surface area (Å²) in [6, 6.07) is 13.4. The van der Waals surface area contributed by atoms with Gasteiger partial charge in [-0.1, -0.05) is 35.9 Å². The summed E-state index contributed by atoms with van der Waals surface area (Å²) in [6.45, 7) is 6.94. The van der Waals surface area contributed by atoms with Gasteiger partial charge in [-0.05, 0) is 42.7 Å². The topological polar surface area (TPSA) is 71.0 Å². The molecule has 0 saturated carbocycles. The maximum atomic E-state index is 11.6. The van der Waals surface area contributed by atoms with Crippen LogP contribution in [0.4, 0.5) is 0 Å². The number of hydrogen-bond donors (Lipinski definition) is 1. The number of sulfone groups is 1. The molecule has 0 aliphatic carbocycles. The van der Waals surface area contributed by atoms with E-state index in [4.69, 9.17) is 4.74 Å². The van der Waals surface area contributed by atoms with E-state index in [0.29, 0.717) is 18.0 Å². The molecule has 0 radical (unpaired) electrons. The monoisotopic (exact) mass is 415 g/mol. The second-order valence-electron chi connectivity index (χ2n) is 7.48. The van der Waals surface area contributed by atoms with Crippen LogP contribution in [0.15, 0.2) is 52.4 Å². The lowest BCUT2D eigenvalue weighted by Crippen LogP contribution is -2.48. The van der Waals surface area contributed by atoms with Crippen LogP contribution in [0.3, 0.4) is 0 Å². The fourth-order valence-electron chi connectivity index (χ4n) is 3.58. The summed E-state index contributed by atoms with van der Waals surface area (Å²) in [5.41, 5.74) is 4.70. The molecule has 29 heavy (non-hydrogen) atoms. The Bertz CT molecular complexity index is 985. The highest BCUT2D eigenvalue weighted by Crippen LogP contribution is 2.26. The smallest absolute Gasteiger partial charge is 0.194 e. The fourth-order valence-corrected chi connectivity index (χ4v) is 4.22. The summed E-state index contributed by atoms with van der Waals surface area (Å²) in [4.78, 5) is 6.96. The average Bonchev–Trinajstić information content (AvgIpc) is 2.68. The number of hydrogen-bond acceptors (Lipinski definition) is 4. The summed E-state index contributed by atoms with van der Waals surface area (Å²) in [5.74, 6) is 0.815. The molecule has 0 aromatic heterocycles. The zero-order chi connectivity index (χ0) is 21.0. The van der Waals surface area contributed by atoms with Crippen molar-refractivity contribution in [1.82, 2.24) is 10.2 Å². The van der Waals surface area contributed by atoms with Gasteiger partial charge in [0.25, 0.3) is 0 Å². The van der Waals surface area contributed by atoms with Crippen molar-refractivity contribution in [1.29, 1.82) is 0 Å². The maximum Gasteiger partial charge on any atom is 0.194 e. The van der Waals surface area contributed by atoms with Crippen molar-refractivity contribution >= 4 is 15.8 Å². The average molecular weight is 416 g/mol. The van der Waals surface area contributed by atoms with Crippen molar-refractivity contribution in [2.75, 3.05) is 33.0 Å². The minimum absolute atomic E-state index is 0.0111. The number of guanidine groups is 1. The molecule has 2 aromatic rings. The first-order chi connectivity index (χ1) is 13.8. The second kappa shape index (κ2) is 8.97. The first-order valence-electron chi connectivity index (χ1n) is 9.71. The van der Waals surface area contributed by atoms with Gasteiger partial charge in [-0.15, -0.1) is 0 Å². The third-order valence-corrected chi connectivity index (χ3v) is 6.28. The number of ether oxygens (including phenoxy) is 1. The molecule has 1 unspecified atom stereocenters. The molecular weight excluding hydrogens is 386 g/mol. The Hall–Kier alpha value is -2.38. The van der Waals surface area contributed by atoms with Gasteiger partial charge in [0.05, 0.1) is 18.0 Å². The summed E-state index contributed by atoms with van der Waals surface area (Å²) in [7, 11) is -1.40. The van der Waals surface area contributed by atoms with Crippen molar-refractivity contribution in [2.45, 2.75) is 31.4 Å². The normalized spacial score (nSPS) is 18.0. The molecule has 1 aliphatic rings. The molecule has 156 valence electrons. The number of aryl methyl sites for hydroxylation is 2. The van der Waals surface area contributed by atoms with Gasteiger partial charge in [0.2, 0.25) is 0 Å². The van der Waals surface area contributed by atoms with Crippen molar-refractivity contribution < 1.29 is 13.2 Å². The van der Waals surface area contributed by atoms with Gasteiger partial charge >= 0.3 is 0 Å². The SMILES string of the molecule is CN=C(NCc1ccc(S(C)(=O)=O)cc1)N1CCOC(c2ccc(C)cc2C)C1. The van der Waals surface area contributed by atoms with Crippen LogP contribution in [-0.4, -0.2) is 52.3 Å². The molecule has 1 heterocycles. The summed E-state index contributed by atoms with van der Waals surface area (Å²) < 4.78 is 29.2. The zero-order valence-corrected chi connectivity index (χ0v) is 18.3. The highest BCUT2D eigenvalue weighted by atomic mass is 32.2. The molecule has 1 aliphatic heterocycles. The van der Waals surface area contributed by atoms with Crippen LogP contribution in [0.1, 0.15) is 28.4 Å². The van der Waals surface area contributed by atoms with Gasteiger partial charge in [-0.2, -0.15) is 0 Å². The second-order valence-corrected chi connectivity index (χ2v) is 9.50. The molecule has 0 bridgehead atoms. The molecule has 1 fully saturated rings. The van der Waals surface area contributed by atoms with E-state index in [0.717, 1.165) is 24.6 Å². The van der Waals surface area contributed by atoms with Crippen LogP contribution in [-0.2, 0) is 21.1 Å². The Morgan fingerprint density at radius 3 is 2.55 bits per heavy atom. The van der Waals surface area contributed by atoms with Crippen LogP contribution in [0, 0.1) is 13.8 Å². The van der Waals surface area contributed by atoms with Crippen molar-refractivity contribution in [2.24, 2.45) is 4.99 Å². The number of nitrogens with one attached hydrogen (secondary N) is 1. The summed E-state index contributed by atoms with van der Waals surface area (Å²) in [5, 5.41) is 3.38. The molecule has 0 spiro atoms. The summed E-state index contributed by atoms with van der Waals surface area (Å²) >= 11 is 0. The van der Waals surface area contributed by atoms with Crippen LogP contribution < -0.4 is 5.32 Å². The zero-order valence-electron chi connectivity index (χ0n) is 17.5. The van der Waals surface area contributed by atoms with E-state index in [9.17, 15) is 8.42 Å². The highest BCUT2D eigenvalue weighted by molar-refractivity contribution is 7.90. The van der Waals surface area contributed by atoms with E-state index in [1.807, 2.05) is 12.1 Å². The Labute approximate surface area is 173 Å². The molecule has 7 heteroatoms. The number of nitrogens with zero attached hydrogens (tertiary/aromatic N) is 2. The lowest BCUT2D eigenvalue weighted by atomic mass is 10.00. The van der Waals surface area contributed by atoms with Gasteiger partial charge in [0.1, 0.15) is 6.10 Å². The predicted octanol–water partition coefficient (Wildman–Crippen LogP) is 2.86. The molecule has 1 N–H and O–H groups in total. The Balaban J connectivity index is 1.65. The van der Waals surface area contributed by atoms with Crippen molar-refractivity contribution in [3.63, 3.8) is 0 Å². The number of aliphatic imine (C=N–C) groups is 1. The molecular formula is C22H29N3O3S. The molecule has 3 rings (SSSR count). The molecule has 1 saturated heterocycles. The van der Waals surface area contributed by atoms with E-state index in [2.05, 4.69) is 47.3 Å². The van der Waals surface area contributed by atoms with Crippen molar-refractivity contribution in [3.8, 4) is 0 Å². The Kier molecular flexibility index (Phi) is 6.59. The van der Waals surface area contributed by atoms with E-state index in [1.54, 1.807) is 19.2 Å². The molecule has 1 atom stereocenters. The Morgan fingerprint density at radius 1 is 1.21 bits per heavy atom. The standard InChI is InChI=1S/C22H29N3O3S/c1-16-5-10-20(17(2)13-16)21-15-25(11-12-28-21)22(23-3)24-14-18-6-8-19(9-7-18)29(4,26)27/h5-10,13,21H,11-12,14-15H2,1-4H3,(H,23,24). The highest BCUT2D eigenvalue weighted by Gasteiger charge is 2.25. The fraction of sp³-hybridized carbons (Fsp3) is 0.409.